The average Bonchev–Trinajstić information content (AvgIpc) is 2.20. The molecule has 5 heteroatoms. The van der Waals surface area contributed by atoms with E-state index in [4.69, 9.17) is 17.3 Å². The predicted octanol–water partition coefficient (Wildman–Crippen LogP) is 1.28. The molecule has 0 aliphatic rings. The van der Waals surface area contributed by atoms with Crippen LogP contribution in [-0.2, 0) is 16.0 Å². The van der Waals surface area contributed by atoms with E-state index in [1.54, 1.807) is 31.2 Å². The molecular formula is C11H13ClN2O2. The van der Waals surface area contributed by atoms with Crippen LogP contribution in [0.1, 0.15) is 12.5 Å². The summed E-state index contributed by atoms with van der Waals surface area (Å²) in [5.74, 6) is -0.643. The van der Waals surface area contributed by atoms with Crippen molar-refractivity contribution >= 4 is 29.1 Å². The minimum atomic E-state index is -0.578. The number of alkyl halides is 1. The number of rotatable bonds is 4. The van der Waals surface area contributed by atoms with Crippen LogP contribution in [-0.4, -0.2) is 17.2 Å². The van der Waals surface area contributed by atoms with Crippen molar-refractivity contribution in [2.24, 2.45) is 5.73 Å². The molecule has 1 aromatic rings. The van der Waals surface area contributed by atoms with Crippen LogP contribution in [0.5, 0.6) is 0 Å². The van der Waals surface area contributed by atoms with Crippen molar-refractivity contribution < 1.29 is 9.59 Å². The molecule has 1 unspecified atom stereocenters. The Hall–Kier alpha value is -1.55. The van der Waals surface area contributed by atoms with E-state index in [0.29, 0.717) is 5.69 Å². The Morgan fingerprint density at radius 2 is 1.94 bits per heavy atom. The molecular weight excluding hydrogens is 228 g/mol. The molecule has 0 fully saturated rings. The van der Waals surface area contributed by atoms with Gasteiger partial charge in [0, 0.05) is 5.69 Å². The maximum atomic E-state index is 11.3. The Morgan fingerprint density at radius 1 is 1.38 bits per heavy atom. The minimum Gasteiger partial charge on any atom is -0.369 e. The van der Waals surface area contributed by atoms with Crippen LogP contribution in [0, 0.1) is 0 Å². The second-order valence-electron chi connectivity index (χ2n) is 3.45. The van der Waals surface area contributed by atoms with Gasteiger partial charge < -0.3 is 11.1 Å². The molecule has 1 atom stereocenters. The molecule has 0 aliphatic heterocycles. The summed E-state index contributed by atoms with van der Waals surface area (Å²) in [7, 11) is 0. The maximum Gasteiger partial charge on any atom is 0.242 e. The molecule has 0 aromatic heterocycles. The normalized spacial score (nSPS) is 11.9. The molecule has 0 saturated carbocycles. The number of halogens is 1. The standard InChI is InChI=1S/C11H13ClN2O2/c1-7(12)11(16)14-9-4-2-8(3-5-9)6-10(13)15/h2-5,7H,6H2,1H3,(H2,13,15)(H,14,16). The third-order valence-electron chi connectivity index (χ3n) is 1.96. The average molecular weight is 241 g/mol. The molecule has 1 rings (SSSR count). The number of carbonyl (C=O) groups is 2. The third kappa shape index (κ3) is 3.90. The van der Waals surface area contributed by atoms with E-state index >= 15 is 0 Å². The van der Waals surface area contributed by atoms with E-state index in [0.717, 1.165) is 5.56 Å². The summed E-state index contributed by atoms with van der Waals surface area (Å²) in [6, 6.07) is 6.88. The van der Waals surface area contributed by atoms with Crippen molar-refractivity contribution in [3.8, 4) is 0 Å². The van der Waals surface area contributed by atoms with Gasteiger partial charge in [-0.3, -0.25) is 9.59 Å². The molecule has 0 spiro atoms. The Balaban J connectivity index is 2.64. The molecule has 0 bridgehead atoms. The number of hydrogen-bond donors (Lipinski definition) is 2. The molecule has 16 heavy (non-hydrogen) atoms. The Kier molecular flexibility index (Phi) is 4.31. The number of hydrogen-bond acceptors (Lipinski definition) is 2. The van der Waals surface area contributed by atoms with Gasteiger partial charge in [-0.15, -0.1) is 11.6 Å². The molecule has 2 amide bonds. The largest absolute Gasteiger partial charge is 0.369 e. The van der Waals surface area contributed by atoms with Crippen LogP contribution in [0.15, 0.2) is 24.3 Å². The number of benzene rings is 1. The lowest BCUT2D eigenvalue weighted by molar-refractivity contribution is -0.117. The Labute approximate surface area is 98.8 Å². The van der Waals surface area contributed by atoms with Gasteiger partial charge in [0.1, 0.15) is 5.38 Å². The fourth-order valence-electron chi connectivity index (χ4n) is 1.15. The van der Waals surface area contributed by atoms with Gasteiger partial charge in [0.2, 0.25) is 11.8 Å². The summed E-state index contributed by atoms with van der Waals surface area (Å²) in [4.78, 5) is 21.9. The maximum absolute atomic E-state index is 11.3. The lowest BCUT2D eigenvalue weighted by Gasteiger charge is -2.06. The lowest BCUT2D eigenvalue weighted by atomic mass is 10.1. The fraction of sp³-hybridized carbons (Fsp3) is 0.273. The predicted molar refractivity (Wildman–Crippen MR) is 63.3 cm³/mol. The van der Waals surface area contributed by atoms with Gasteiger partial charge in [-0.05, 0) is 24.6 Å². The van der Waals surface area contributed by atoms with E-state index < -0.39 is 5.38 Å². The van der Waals surface area contributed by atoms with Gasteiger partial charge in [-0.1, -0.05) is 12.1 Å². The summed E-state index contributed by atoms with van der Waals surface area (Å²) in [5, 5.41) is 2.06. The zero-order valence-corrected chi connectivity index (χ0v) is 9.62. The second-order valence-corrected chi connectivity index (χ2v) is 4.10. The number of anilines is 1. The van der Waals surface area contributed by atoms with E-state index in [-0.39, 0.29) is 18.2 Å². The van der Waals surface area contributed by atoms with Crippen molar-refractivity contribution in [3.63, 3.8) is 0 Å². The zero-order valence-electron chi connectivity index (χ0n) is 8.87. The third-order valence-corrected chi connectivity index (χ3v) is 2.16. The highest BCUT2D eigenvalue weighted by atomic mass is 35.5. The van der Waals surface area contributed by atoms with Gasteiger partial charge in [-0.2, -0.15) is 0 Å². The number of nitrogens with one attached hydrogen (secondary N) is 1. The van der Waals surface area contributed by atoms with Crippen LogP contribution in [0.2, 0.25) is 0 Å². The van der Waals surface area contributed by atoms with Crippen LogP contribution < -0.4 is 11.1 Å². The van der Waals surface area contributed by atoms with E-state index in [1.807, 2.05) is 0 Å². The van der Waals surface area contributed by atoms with Crippen molar-refractivity contribution in [3.05, 3.63) is 29.8 Å². The number of nitrogens with two attached hydrogens (primary N) is 1. The van der Waals surface area contributed by atoms with Gasteiger partial charge in [0.25, 0.3) is 0 Å². The minimum absolute atomic E-state index is 0.195. The zero-order chi connectivity index (χ0) is 12.1. The lowest BCUT2D eigenvalue weighted by Crippen LogP contribution is -2.20. The number of carbonyl (C=O) groups excluding carboxylic acids is 2. The van der Waals surface area contributed by atoms with Crippen molar-refractivity contribution in [2.75, 3.05) is 5.32 Å². The van der Waals surface area contributed by atoms with Crippen LogP contribution >= 0.6 is 11.6 Å². The Morgan fingerprint density at radius 3 is 2.38 bits per heavy atom. The van der Waals surface area contributed by atoms with E-state index in [9.17, 15) is 9.59 Å². The SMILES string of the molecule is CC(Cl)C(=O)Nc1ccc(CC(N)=O)cc1. The highest BCUT2D eigenvalue weighted by Gasteiger charge is 2.08. The first kappa shape index (κ1) is 12.5. The van der Waals surface area contributed by atoms with Gasteiger partial charge in [-0.25, -0.2) is 0 Å². The monoisotopic (exact) mass is 240 g/mol. The van der Waals surface area contributed by atoms with Gasteiger partial charge in [0.05, 0.1) is 6.42 Å². The summed E-state index contributed by atoms with van der Waals surface area (Å²) < 4.78 is 0. The summed E-state index contributed by atoms with van der Waals surface area (Å²) in [6.07, 6.45) is 0.195. The molecule has 86 valence electrons. The van der Waals surface area contributed by atoms with Crippen molar-refractivity contribution in [2.45, 2.75) is 18.7 Å². The van der Waals surface area contributed by atoms with Gasteiger partial charge in [0.15, 0.2) is 0 Å². The molecule has 0 aliphatic carbocycles. The topological polar surface area (TPSA) is 72.2 Å². The fourth-order valence-corrected chi connectivity index (χ4v) is 1.20. The molecule has 0 radical (unpaired) electrons. The number of primary amides is 1. The first-order chi connectivity index (χ1) is 7.49. The quantitative estimate of drug-likeness (QED) is 0.779. The van der Waals surface area contributed by atoms with Crippen molar-refractivity contribution in [1.29, 1.82) is 0 Å². The molecule has 1 aromatic carbocycles. The van der Waals surface area contributed by atoms with Crippen LogP contribution in [0.4, 0.5) is 5.69 Å². The smallest absolute Gasteiger partial charge is 0.242 e. The summed E-state index contributed by atoms with van der Waals surface area (Å²) in [5.41, 5.74) is 6.51. The summed E-state index contributed by atoms with van der Waals surface area (Å²) in [6.45, 7) is 1.60. The summed E-state index contributed by atoms with van der Waals surface area (Å²) >= 11 is 5.61. The number of amides is 2. The second kappa shape index (κ2) is 5.51. The molecule has 3 N–H and O–H groups in total. The first-order valence-electron chi connectivity index (χ1n) is 4.81. The molecule has 0 heterocycles. The molecule has 0 saturated heterocycles. The highest BCUT2D eigenvalue weighted by molar-refractivity contribution is 6.32. The molecule has 4 nitrogen and oxygen atoms in total. The van der Waals surface area contributed by atoms with E-state index in [1.165, 1.54) is 0 Å². The Bertz CT molecular complexity index is 387. The van der Waals surface area contributed by atoms with Crippen molar-refractivity contribution in [1.82, 2.24) is 0 Å². The van der Waals surface area contributed by atoms with Crippen LogP contribution in [0.25, 0.3) is 0 Å². The van der Waals surface area contributed by atoms with Crippen LogP contribution in [0.3, 0.4) is 0 Å². The van der Waals surface area contributed by atoms with Gasteiger partial charge >= 0.3 is 0 Å². The first-order valence-corrected chi connectivity index (χ1v) is 5.25. The van der Waals surface area contributed by atoms with E-state index in [2.05, 4.69) is 5.32 Å². The highest BCUT2D eigenvalue weighted by Crippen LogP contribution is 2.11.